The number of hydrogen-bond acceptors (Lipinski definition) is 3. The lowest BCUT2D eigenvalue weighted by Gasteiger charge is -2.09. The van der Waals surface area contributed by atoms with E-state index in [0.717, 1.165) is 24.2 Å². The maximum Gasteiger partial charge on any atom is 0.0587 e. The standard InChI is InChI=1S/C11H16BrNOS/c1-14-6-5-13-8-9-3-4-10(12)7-11(9)15-2/h3-4,7,13H,5-6,8H2,1-2H3. The van der Waals surface area contributed by atoms with Crippen LogP contribution in [0.25, 0.3) is 0 Å². The van der Waals surface area contributed by atoms with E-state index in [2.05, 4.69) is 45.7 Å². The Morgan fingerprint density at radius 3 is 2.93 bits per heavy atom. The van der Waals surface area contributed by atoms with Gasteiger partial charge in [-0.3, -0.25) is 0 Å². The highest BCUT2D eigenvalue weighted by Gasteiger charge is 2.01. The molecule has 0 unspecified atom stereocenters. The van der Waals surface area contributed by atoms with Crippen LogP contribution in [0.15, 0.2) is 27.6 Å². The summed E-state index contributed by atoms with van der Waals surface area (Å²) in [5.74, 6) is 0. The van der Waals surface area contributed by atoms with Crippen LogP contribution in [0, 0.1) is 0 Å². The lowest BCUT2D eigenvalue weighted by molar-refractivity contribution is 0.199. The average molecular weight is 290 g/mol. The van der Waals surface area contributed by atoms with E-state index in [1.807, 2.05) is 0 Å². The summed E-state index contributed by atoms with van der Waals surface area (Å²) in [5, 5.41) is 3.34. The second-order valence-corrected chi connectivity index (χ2v) is 4.89. The predicted octanol–water partition coefficient (Wildman–Crippen LogP) is 2.91. The second kappa shape index (κ2) is 7.28. The zero-order valence-electron chi connectivity index (χ0n) is 9.05. The molecule has 0 fully saturated rings. The molecule has 4 heteroatoms. The molecule has 1 aromatic rings. The van der Waals surface area contributed by atoms with Crippen molar-refractivity contribution in [1.29, 1.82) is 0 Å². The summed E-state index contributed by atoms with van der Waals surface area (Å²) >= 11 is 5.25. The summed E-state index contributed by atoms with van der Waals surface area (Å²) in [7, 11) is 1.72. The van der Waals surface area contributed by atoms with E-state index in [4.69, 9.17) is 4.74 Å². The zero-order chi connectivity index (χ0) is 11.1. The molecule has 0 saturated heterocycles. The quantitative estimate of drug-likeness (QED) is 0.643. The van der Waals surface area contributed by atoms with Gasteiger partial charge in [-0.15, -0.1) is 11.8 Å². The van der Waals surface area contributed by atoms with Crippen molar-refractivity contribution in [2.75, 3.05) is 26.5 Å². The van der Waals surface area contributed by atoms with E-state index >= 15 is 0 Å². The SMILES string of the molecule is COCCNCc1ccc(Br)cc1SC. The van der Waals surface area contributed by atoms with Gasteiger partial charge in [-0.2, -0.15) is 0 Å². The van der Waals surface area contributed by atoms with Crippen LogP contribution in [0.1, 0.15) is 5.56 Å². The normalized spacial score (nSPS) is 10.6. The first-order valence-corrected chi connectivity index (χ1v) is 6.81. The Balaban J connectivity index is 2.52. The molecule has 0 aromatic heterocycles. The van der Waals surface area contributed by atoms with Crippen molar-refractivity contribution in [1.82, 2.24) is 5.32 Å². The van der Waals surface area contributed by atoms with Crippen molar-refractivity contribution in [2.24, 2.45) is 0 Å². The van der Waals surface area contributed by atoms with Gasteiger partial charge >= 0.3 is 0 Å². The summed E-state index contributed by atoms with van der Waals surface area (Å²) in [6.45, 7) is 2.54. The summed E-state index contributed by atoms with van der Waals surface area (Å²) < 4.78 is 6.11. The minimum absolute atomic E-state index is 0.755. The number of rotatable bonds is 6. The van der Waals surface area contributed by atoms with Crippen LogP contribution >= 0.6 is 27.7 Å². The number of thioether (sulfide) groups is 1. The second-order valence-electron chi connectivity index (χ2n) is 3.13. The van der Waals surface area contributed by atoms with E-state index in [0.29, 0.717) is 0 Å². The minimum atomic E-state index is 0.755. The third-order valence-corrected chi connectivity index (χ3v) is 3.36. The molecular formula is C11H16BrNOS. The number of benzene rings is 1. The molecule has 0 aliphatic carbocycles. The Morgan fingerprint density at radius 1 is 1.47 bits per heavy atom. The molecule has 0 radical (unpaired) electrons. The van der Waals surface area contributed by atoms with Gasteiger partial charge in [0.05, 0.1) is 6.61 Å². The van der Waals surface area contributed by atoms with Crippen molar-refractivity contribution < 1.29 is 4.74 Å². The van der Waals surface area contributed by atoms with Crippen LogP contribution in [-0.4, -0.2) is 26.5 Å². The summed E-state index contributed by atoms with van der Waals surface area (Å²) in [6, 6.07) is 6.38. The van der Waals surface area contributed by atoms with Gasteiger partial charge in [0.2, 0.25) is 0 Å². The van der Waals surface area contributed by atoms with Crippen LogP contribution in [0.3, 0.4) is 0 Å². The van der Waals surface area contributed by atoms with E-state index in [9.17, 15) is 0 Å². The van der Waals surface area contributed by atoms with Crippen LogP contribution < -0.4 is 5.32 Å². The van der Waals surface area contributed by atoms with Gasteiger partial charge in [-0.25, -0.2) is 0 Å². The Kier molecular flexibility index (Phi) is 6.32. The Bertz CT molecular complexity index is 307. The lowest BCUT2D eigenvalue weighted by Crippen LogP contribution is -2.18. The highest BCUT2D eigenvalue weighted by Crippen LogP contribution is 2.24. The molecule has 0 bridgehead atoms. The van der Waals surface area contributed by atoms with Crippen molar-refractivity contribution in [3.63, 3.8) is 0 Å². The smallest absolute Gasteiger partial charge is 0.0587 e. The molecule has 1 N–H and O–H groups in total. The monoisotopic (exact) mass is 289 g/mol. The predicted molar refractivity (Wildman–Crippen MR) is 69.5 cm³/mol. The molecule has 84 valence electrons. The third kappa shape index (κ3) is 4.55. The molecule has 0 aliphatic rings. The highest BCUT2D eigenvalue weighted by atomic mass is 79.9. The molecule has 0 amide bonds. The first kappa shape index (κ1) is 13.0. The first-order valence-electron chi connectivity index (χ1n) is 4.80. The Hall–Kier alpha value is -0.0300. The van der Waals surface area contributed by atoms with E-state index in [-0.39, 0.29) is 0 Å². The number of ether oxygens (including phenoxy) is 1. The molecule has 0 spiro atoms. The summed E-state index contributed by atoms with van der Waals surface area (Å²) in [5.41, 5.74) is 1.34. The maximum atomic E-state index is 4.98. The van der Waals surface area contributed by atoms with Crippen molar-refractivity contribution >= 4 is 27.7 Å². The first-order chi connectivity index (χ1) is 7.27. The number of methoxy groups -OCH3 is 1. The van der Waals surface area contributed by atoms with Crippen molar-refractivity contribution in [3.05, 3.63) is 28.2 Å². The molecular weight excluding hydrogens is 274 g/mol. The van der Waals surface area contributed by atoms with Gasteiger partial charge in [0.25, 0.3) is 0 Å². The van der Waals surface area contributed by atoms with Crippen LogP contribution in [0.2, 0.25) is 0 Å². The molecule has 15 heavy (non-hydrogen) atoms. The Labute approximate surface area is 104 Å². The van der Waals surface area contributed by atoms with Crippen LogP contribution in [-0.2, 0) is 11.3 Å². The minimum Gasteiger partial charge on any atom is -0.383 e. The maximum absolute atomic E-state index is 4.98. The average Bonchev–Trinajstić information content (AvgIpc) is 2.26. The van der Waals surface area contributed by atoms with Crippen LogP contribution in [0.5, 0.6) is 0 Å². The molecule has 2 nitrogen and oxygen atoms in total. The summed E-state index contributed by atoms with van der Waals surface area (Å²) in [4.78, 5) is 1.31. The van der Waals surface area contributed by atoms with Crippen molar-refractivity contribution in [2.45, 2.75) is 11.4 Å². The molecule has 0 aliphatic heterocycles. The third-order valence-electron chi connectivity index (χ3n) is 2.05. The van der Waals surface area contributed by atoms with E-state index < -0.39 is 0 Å². The van der Waals surface area contributed by atoms with E-state index in [1.54, 1.807) is 18.9 Å². The van der Waals surface area contributed by atoms with Gasteiger partial charge in [-0.05, 0) is 24.0 Å². The molecule has 0 saturated carbocycles. The van der Waals surface area contributed by atoms with Gasteiger partial charge in [0.15, 0.2) is 0 Å². The van der Waals surface area contributed by atoms with Gasteiger partial charge in [-0.1, -0.05) is 22.0 Å². The lowest BCUT2D eigenvalue weighted by atomic mass is 10.2. The molecule has 0 heterocycles. The Morgan fingerprint density at radius 2 is 2.27 bits per heavy atom. The fraction of sp³-hybridized carbons (Fsp3) is 0.455. The topological polar surface area (TPSA) is 21.3 Å². The fourth-order valence-corrected chi connectivity index (χ4v) is 2.42. The van der Waals surface area contributed by atoms with Gasteiger partial charge in [0.1, 0.15) is 0 Å². The number of halogens is 1. The molecule has 1 aromatic carbocycles. The largest absolute Gasteiger partial charge is 0.383 e. The highest BCUT2D eigenvalue weighted by molar-refractivity contribution is 9.10. The zero-order valence-corrected chi connectivity index (χ0v) is 11.5. The molecule has 0 atom stereocenters. The van der Waals surface area contributed by atoms with Gasteiger partial charge < -0.3 is 10.1 Å². The van der Waals surface area contributed by atoms with Crippen molar-refractivity contribution in [3.8, 4) is 0 Å². The van der Waals surface area contributed by atoms with Crippen LogP contribution in [0.4, 0.5) is 0 Å². The van der Waals surface area contributed by atoms with Gasteiger partial charge in [0, 0.05) is 29.6 Å². The molecule has 1 rings (SSSR count). The fourth-order valence-electron chi connectivity index (χ4n) is 1.26. The number of hydrogen-bond donors (Lipinski definition) is 1. The summed E-state index contributed by atoms with van der Waals surface area (Å²) in [6.07, 6.45) is 2.10. The number of nitrogens with one attached hydrogen (secondary N) is 1. The van der Waals surface area contributed by atoms with E-state index in [1.165, 1.54) is 10.5 Å².